The van der Waals surface area contributed by atoms with Crippen molar-refractivity contribution < 1.29 is 4.79 Å². The maximum Gasteiger partial charge on any atom is 0.248 e. The van der Waals surface area contributed by atoms with Gasteiger partial charge in [-0.1, -0.05) is 42.1 Å². The van der Waals surface area contributed by atoms with E-state index in [1.54, 1.807) is 11.8 Å². The van der Waals surface area contributed by atoms with Gasteiger partial charge in [-0.15, -0.1) is 0 Å². The highest BCUT2D eigenvalue weighted by Crippen LogP contribution is 2.34. The van der Waals surface area contributed by atoms with Gasteiger partial charge in [0.1, 0.15) is 0 Å². The molecule has 0 fully saturated rings. The molecule has 4 nitrogen and oxygen atoms in total. The van der Waals surface area contributed by atoms with Gasteiger partial charge in [0.15, 0.2) is 5.17 Å². The minimum Gasteiger partial charge on any atom is -0.273 e. The first-order chi connectivity index (χ1) is 9.24. The Labute approximate surface area is 116 Å². The Balaban J connectivity index is 1.92. The average Bonchev–Trinajstić information content (AvgIpc) is 2.82. The molecule has 2 heterocycles. The van der Waals surface area contributed by atoms with E-state index in [4.69, 9.17) is 0 Å². The number of rotatable bonds is 1. The van der Waals surface area contributed by atoms with Gasteiger partial charge in [-0.05, 0) is 12.5 Å². The molecule has 1 aromatic rings. The van der Waals surface area contributed by atoms with Crippen LogP contribution in [0.5, 0.6) is 0 Å². The number of hydrogen-bond donors (Lipinski definition) is 0. The molecule has 2 aliphatic heterocycles. The average molecular weight is 273 g/mol. The number of hydrogen-bond acceptors (Lipinski definition) is 4. The predicted molar refractivity (Wildman–Crippen MR) is 78.3 cm³/mol. The van der Waals surface area contributed by atoms with Crippen LogP contribution in [0.2, 0.25) is 0 Å². The Morgan fingerprint density at radius 3 is 2.84 bits per heavy atom. The molecule has 0 aliphatic carbocycles. The third-order valence-corrected chi connectivity index (χ3v) is 4.15. The molecule has 5 heteroatoms. The monoisotopic (exact) mass is 273 g/mol. The van der Waals surface area contributed by atoms with Crippen molar-refractivity contribution in [3.05, 3.63) is 35.9 Å². The first kappa shape index (κ1) is 12.4. The second-order valence-electron chi connectivity index (χ2n) is 4.70. The molecule has 0 bridgehead atoms. The summed E-state index contributed by atoms with van der Waals surface area (Å²) in [5.41, 5.74) is 2.29. The molecule has 0 saturated carbocycles. The van der Waals surface area contributed by atoms with Crippen LogP contribution in [0.4, 0.5) is 0 Å². The van der Waals surface area contributed by atoms with Gasteiger partial charge in [0.25, 0.3) is 0 Å². The zero-order valence-electron chi connectivity index (χ0n) is 10.7. The molecule has 2 aliphatic rings. The highest BCUT2D eigenvalue weighted by atomic mass is 32.2. The Hall–Kier alpha value is -1.62. The van der Waals surface area contributed by atoms with E-state index in [0.29, 0.717) is 6.42 Å². The molecule has 0 N–H and O–H groups in total. The molecule has 0 saturated heterocycles. The topological polar surface area (TPSA) is 45.0 Å². The van der Waals surface area contributed by atoms with E-state index in [-0.39, 0.29) is 11.9 Å². The number of hydrazone groups is 1. The molecule has 1 unspecified atom stereocenters. The van der Waals surface area contributed by atoms with Crippen molar-refractivity contribution in [2.75, 3.05) is 5.75 Å². The second-order valence-corrected chi connectivity index (χ2v) is 5.76. The third kappa shape index (κ3) is 2.56. The molecule has 0 spiro atoms. The highest BCUT2D eigenvalue weighted by Gasteiger charge is 2.31. The van der Waals surface area contributed by atoms with Gasteiger partial charge in [-0.2, -0.15) is 10.1 Å². The summed E-state index contributed by atoms with van der Waals surface area (Å²) < 4.78 is 0. The van der Waals surface area contributed by atoms with E-state index in [1.165, 1.54) is 5.56 Å². The van der Waals surface area contributed by atoms with Crippen molar-refractivity contribution in [1.82, 2.24) is 5.01 Å². The van der Waals surface area contributed by atoms with Crippen molar-refractivity contribution in [3.63, 3.8) is 0 Å². The molecule has 0 aromatic heterocycles. The van der Waals surface area contributed by atoms with Crippen molar-refractivity contribution >= 4 is 28.5 Å². The molecule has 1 atom stereocenters. The van der Waals surface area contributed by atoms with Gasteiger partial charge in [0.2, 0.25) is 5.91 Å². The van der Waals surface area contributed by atoms with Crippen LogP contribution in [-0.2, 0) is 4.79 Å². The van der Waals surface area contributed by atoms with Gasteiger partial charge in [0, 0.05) is 24.3 Å². The normalized spacial score (nSPS) is 23.3. The number of nitrogens with zero attached hydrogens (tertiary/aromatic N) is 3. The summed E-state index contributed by atoms with van der Waals surface area (Å²) in [6, 6.07) is 10.4. The lowest BCUT2D eigenvalue weighted by Gasteiger charge is -2.25. The summed E-state index contributed by atoms with van der Waals surface area (Å²) in [6.07, 6.45) is 1.42. The van der Waals surface area contributed by atoms with Gasteiger partial charge in [-0.25, -0.2) is 5.01 Å². The number of amidine groups is 1. The van der Waals surface area contributed by atoms with Gasteiger partial charge < -0.3 is 0 Å². The van der Waals surface area contributed by atoms with Crippen molar-refractivity contribution in [2.24, 2.45) is 10.1 Å². The summed E-state index contributed by atoms with van der Waals surface area (Å²) in [4.78, 5) is 15.6. The quantitative estimate of drug-likeness (QED) is 0.790. The summed E-state index contributed by atoms with van der Waals surface area (Å²) >= 11 is 1.61. The minimum atomic E-state index is -0.0414. The van der Waals surface area contributed by atoms with E-state index in [9.17, 15) is 4.79 Å². The van der Waals surface area contributed by atoms with Crippen LogP contribution >= 0.6 is 11.8 Å². The number of carbonyl (C=O) groups excluding carboxylic acids is 1. The van der Waals surface area contributed by atoms with Crippen LogP contribution in [0.15, 0.2) is 40.4 Å². The van der Waals surface area contributed by atoms with E-state index < -0.39 is 0 Å². The van der Waals surface area contributed by atoms with Gasteiger partial charge >= 0.3 is 0 Å². The van der Waals surface area contributed by atoms with Crippen molar-refractivity contribution in [1.29, 1.82) is 0 Å². The Kier molecular flexibility index (Phi) is 3.38. The fraction of sp³-hybridized carbons (Fsp3) is 0.357. The second kappa shape index (κ2) is 5.17. The van der Waals surface area contributed by atoms with Crippen LogP contribution in [0.1, 0.15) is 31.4 Å². The molecule has 1 aromatic carbocycles. The van der Waals surface area contributed by atoms with E-state index in [0.717, 1.165) is 23.1 Å². The summed E-state index contributed by atoms with van der Waals surface area (Å²) in [5.74, 6) is 0.755. The molecular formula is C14H15N3OS. The van der Waals surface area contributed by atoms with Crippen molar-refractivity contribution in [2.45, 2.75) is 25.8 Å². The first-order valence-electron chi connectivity index (χ1n) is 6.36. The largest absolute Gasteiger partial charge is 0.273 e. The summed E-state index contributed by atoms with van der Waals surface area (Å²) in [5, 5.41) is 7.20. The number of amides is 1. The number of thioether (sulfide) groups is 1. The third-order valence-electron chi connectivity index (χ3n) is 3.21. The lowest BCUT2D eigenvalue weighted by Crippen LogP contribution is -2.28. The summed E-state index contributed by atoms with van der Waals surface area (Å²) in [7, 11) is 0. The SMILES string of the molecule is CC1=NN(C2=NC(=O)CCS2)C(c2ccccc2)C1. The Morgan fingerprint density at radius 2 is 2.11 bits per heavy atom. The zero-order chi connectivity index (χ0) is 13.2. The van der Waals surface area contributed by atoms with Gasteiger partial charge in [-0.3, -0.25) is 4.79 Å². The molecule has 3 rings (SSSR count). The molecule has 0 radical (unpaired) electrons. The highest BCUT2D eigenvalue weighted by molar-refractivity contribution is 8.13. The number of carbonyl (C=O) groups is 1. The van der Waals surface area contributed by atoms with Crippen LogP contribution in [-0.4, -0.2) is 27.5 Å². The molecule has 19 heavy (non-hydrogen) atoms. The maximum absolute atomic E-state index is 11.5. The fourth-order valence-electron chi connectivity index (χ4n) is 2.31. The Bertz CT molecular complexity index is 553. The van der Waals surface area contributed by atoms with Crippen LogP contribution in [0, 0.1) is 0 Å². The predicted octanol–water partition coefficient (Wildman–Crippen LogP) is 2.83. The lowest BCUT2D eigenvalue weighted by atomic mass is 10.0. The van der Waals surface area contributed by atoms with E-state index in [1.807, 2.05) is 30.1 Å². The van der Waals surface area contributed by atoms with Crippen molar-refractivity contribution in [3.8, 4) is 0 Å². The number of aliphatic imine (C=N–C) groups is 1. The molecular weight excluding hydrogens is 258 g/mol. The van der Waals surface area contributed by atoms with Crippen LogP contribution in [0.25, 0.3) is 0 Å². The maximum atomic E-state index is 11.5. The Morgan fingerprint density at radius 1 is 1.32 bits per heavy atom. The smallest absolute Gasteiger partial charge is 0.248 e. The molecule has 98 valence electrons. The van der Waals surface area contributed by atoms with Gasteiger partial charge in [0.05, 0.1) is 6.04 Å². The van der Waals surface area contributed by atoms with Crippen LogP contribution < -0.4 is 0 Å². The standard InChI is InChI=1S/C14H15N3OS/c1-10-9-12(11-5-3-2-4-6-11)17(16-10)14-15-13(18)7-8-19-14/h2-6,12H,7-9H2,1H3. The first-order valence-corrected chi connectivity index (χ1v) is 7.35. The lowest BCUT2D eigenvalue weighted by molar-refractivity contribution is -0.117. The fourth-order valence-corrected chi connectivity index (χ4v) is 3.24. The molecule has 1 amide bonds. The van der Waals surface area contributed by atoms with E-state index >= 15 is 0 Å². The van der Waals surface area contributed by atoms with E-state index in [2.05, 4.69) is 22.2 Å². The zero-order valence-corrected chi connectivity index (χ0v) is 11.6. The van der Waals surface area contributed by atoms with Crippen LogP contribution in [0.3, 0.4) is 0 Å². The number of benzene rings is 1. The summed E-state index contributed by atoms with van der Waals surface area (Å²) in [6.45, 7) is 2.02. The minimum absolute atomic E-state index is 0.0414.